The molecule has 0 spiro atoms. The lowest BCUT2D eigenvalue weighted by Gasteiger charge is -2.26. The first-order valence-electron chi connectivity index (χ1n) is 19.4. The molecule has 2 heterocycles. The summed E-state index contributed by atoms with van der Waals surface area (Å²) < 4.78 is 8.90. The molecule has 0 unspecified atom stereocenters. The van der Waals surface area contributed by atoms with Gasteiger partial charge in [-0.15, -0.1) is 0 Å². The lowest BCUT2D eigenvalue weighted by Crippen LogP contribution is -2.10. The molecular weight excluding hydrogens is 693 g/mol. The van der Waals surface area contributed by atoms with Crippen LogP contribution in [0.15, 0.2) is 218 Å². The molecule has 1 aliphatic rings. The second kappa shape index (κ2) is 13.6. The SMILES string of the molecule is c1ccc(-c2ccc(N(c3ccc(-c4cccc5c4-c4ccccc4Oc4ccccc4-5)cc3)c3ccc4c(c3)c3ccccc3n4-c3ccccc3)cc2)cc1. The average molecular weight is 729 g/mol. The Kier molecular flexibility index (Phi) is 7.82. The summed E-state index contributed by atoms with van der Waals surface area (Å²) in [5.74, 6) is 1.73. The van der Waals surface area contributed by atoms with Crippen molar-refractivity contribution >= 4 is 38.9 Å². The first-order valence-corrected chi connectivity index (χ1v) is 19.4. The molecule has 0 saturated heterocycles. The third-order valence-corrected chi connectivity index (χ3v) is 11.2. The fourth-order valence-electron chi connectivity index (χ4n) is 8.59. The summed E-state index contributed by atoms with van der Waals surface area (Å²) in [6, 6.07) is 78.1. The minimum Gasteiger partial charge on any atom is -0.456 e. The van der Waals surface area contributed by atoms with E-state index in [-0.39, 0.29) is 0 Å². The van der Waals surface area contributed by atoms with Gasteiger partial charge < -0.3 is 14.2 Å². The van der Waals surface area contributed by atoms with Crippen molar-refractivity contribution in [1.29, 1.82) is 0 Å². The van der Waals surface area contributed by atoms with Crippen LogP contribution in [0.25, 0.3) is 72.0 Å². The van der Waals surface area contributed by atoms with Crippen LogP contribution in [-0.2, 0) is 0 Å². The Morgan fingerprint density at radius 2 is 0.860 bits per heavy atom. The molecular formula is C54H36N2O. The van der Waals surface area contributed by atoms with Crippen LogP contribution in [0.5, 0.6) is 11.5 Å². The lowest BCUT2D eigenvalue weighted by molar-refractivity contribution is 0.488. The van der Waals surface area contributed by atoms with Crippen molar-refractivity contribution < 1.29 is 4.74 Å². The van der Waals surface area contributed by atoms with Crippen molar-refractivity contribution in [3.05, 3.63) is 218 Å². The molecule has 9 aromatic carbocycles. The van der Waals surface area contributed by atoms with Crippen molar-refractivity contribution in [3.63, 3.8) is 0 Å². The molecule has 10 aromatic rings. The van der Waals surface area contributed by atoms with Gasteiger partial charge in [-0.05, 0) is 101 Å². The molecule has 3 nitrogen and oxygen atoms in total. The van der Waals surface area contributed by atoms with Gasteiger partial charge in [-0.2, -0.15) is 0 Å². The topological polar surface area (TPSA) is 17.4 Å². The van der Waals surface area contributed by atoms with Crippen molar-refractivity contribution in [3.8, 4) is 61.7 Å². The lowest BCUT2D eigenvalue weighted by atomic mass is 9.87. The van der Waals surface area contributed by atoms with Crippen LogP contribution in [0.4, 0.5) is 17.1 Å². The third-order valence-electron chi connectivity index (χ3n) is 11.2. The van der Waals surface area contributed by atoms with Gasteiger partial charge in [-0.1, -0.05) is 146 Å². The maximum Gasteiger partial charge on any atom is 0.135 e. The summed E-state index contributed by atoms with van der Waals surface area (Å²) in [7, 11) is 0. The normalized spacial score (nSPS) is 11.6. The van der Waals surface area contributed by atoms with Crippen molar-refractivity contribution in [2.75, 3.05) is 4.90 Å². The zero-order valence-corrected chi connectivity index (χ0v) is 31.1. The number of anilines is 3. The first kappa shape index (κ1) is 32.8. The van der Waals surface area contributed by atoms with Gasteiger partial charge in [0.15, 0.2) is 0 Å². The van der Waals surface area contributed by atoms with E-state index in [0.717, 1.165) is 50.9 Å². The zero-order valence-electron chi connectivity index (χ0n) is 31.1. The minimum absolute atomic E-state index is 0.863. The number of hydrogen-bond acceptors (Lipinski definition) is 2. The molecule has 268 valence electrons. The van der Waals surface area contributed by atoms with E-state index in [0.29, 0.717) is 0 Å². The first-order chi connectivity index (χ1) is 28.3. The molecule has 0 N–H and O–H groups in total. The van der Waals surface area contributed by atoms with Gasteiger partial charge >= 0.3 is 0 Å². The highest BCUT2D eigenvalue weighted by molar-refractivity contribution is 6.10. The summed E-state index contributed by atoms with van der Waals surface area (Å²) in [6.07, 6.45) is 0. The number of hydrogen-bond donors (Lipinski definition) is 0. The third kappa shape index (κ3) is 5.60. The molecule has 57 heavy (non-hydrogen) atoms. The number of benzene rings is 9. The summed E-state index contributed by atoms with van der Waals surface area (Å²) in [6.45, 7) is 0. The maximum absolute atomic E-state index is 6.54. The smallest absolute Gasteiger partial charge is 0.135 e. The molecule has 11 rings (SSSR count). The summed E-state index contributed by atoms with van der Waals surface area (Å²) in [5, 5.41) is 2.44. The van der Waals surface area contributed by atoms with Gasteiger partial charge in [-0.3, -0.25) is 0 Å². The summed E-state index contributed by atoms with van der Waals surface area (Å²) in [4.78, 5) is 2.37. The van der Waals surface area contributed by atoms with E-state index < -0.39 is 0 Å². The van der Waals surface area contributed by atoms with Gasteiger partial charge in [0.05, 0.1) is 11.0 Å². The Balaban J connectivity index is 1.07. The molecule has 0 radical (unpaired) electrons. The second-order valence-electron chi connectivity index (χ2n) is 14.5. The molecule has 0 saturated carbocycles. The molecule has 1 aromatic heterocycles. The molecule has 0 fully saturated rings. The standard InChI is InChI=1S/C54H36N2O/c1-3-14-37(15-4-1)38-26-30-41(31-27-38)55(43-34-35-51-49(36-43)45-18-7-10-23-50(45)56(51)40-16-5-2-6-17-40)42-32-28-39(29-33-42)44-21-13-22-47-46-19-8-11-24-52(46)57-53-25-12-9-20-48(53)54(44)47/h1-36H. The van der Waals surface area contributed by atoms with Crippen LogP contribution in [0.2, 0.25) is 0 Å². The number of aromatic nitrogens is 1. The minimum atomic E-state index is 0.863. The molecule has 1 aliphatic heterocycles. The number of para-hydroxylation sites is 4. The Morgan fingerprint density at radius 3 is 1.61 bits per heavy atom. The van der Waals surface area contributed by atoms with E-state index >= 15 is 0 Å². The molecule has 0 atom stereocenters. The van der Waals surface area contributed by atoms with Gasteiger partial charge in [0.2, 0.25) is 0 Å². The van der Waals surface area contributed by atoms with Crippen LogP contribution < -0.4 is 9.64 Å². The highest BCUT2D eigenvalue weighted by Gasteiger charge is 2.24. The quantitative estimate of drug-likeness (QED) is 0.170. The predicted octanol–water partition coefficient (Wildman–Crippen LogP) is 15.0. The van der Waals surface area contributed by atoms with Gasteiger partial charge in [0, 0.05) is 50.2 Å². The number of ether oxygens (including phenoxy) is 1. The predicted molar refractivity (Wildman–Crippen MR) is 237 cm³/mol. The van der Waals surface area contributed by atoms with E-state index in [1.165, 1.54) is 49.6 Å². The fraction of sp³-hybridized carbons (Fsp3) is 0. The van der Waals surface area contributed by atoms with Crippen molar-refractivity contribution in [2.24, 2.45) is 0 Å². The van der Waals surface area contributed by atoms with Crippen LogP contribution >= 0.6 is 0 Å². The molecule has 0 aliphatic carbocycles. The van der Waals surface area contributed by atoms with E-state index in [9.17, 15) is 0 Å². The highest BCUT2D eigenvalue weighted by Crippen LogP contribution is 2.50. The molecule has 0 amide bonds. The Morgan fingerprint density at radius 1 is 0.333 bits per heavy atom. The van der Waals surface area contributed by atoms with E-state index in [4.69, 9.17) is 4.74 Å². The number of fused-ring (bicyclic) bond motifs is 8. The van der Waals surface area contributed by atoms with Crippen molar-refractivity contribution in [1.82, 2.24) is 4.57 Å². The monoisotopic (exact) mass is 728 g/mol. The van der Waals surface area contributed by atoms with E-state index in [2.05, 4.69) is 216 Å². The van der Waals surface area contributed by atoms with Crippen LogP contribution in [0.1, 0.15) is 0 Å². The zero-order chi connectivity index (χ0) is 37.7. The molecule has 0 bridgehead atoms. The van der Waals surface area contributed by atoms with Gasteiger partial charge in [0.1, 0.15) is 11.5 Å². The van der Waals surface area contributed by atoms with Crippen LogP contribution in [0, 0.1) is 0 Å². The Bertz CT molecular complexity index is 3070. The van der Waals surface area contributed by atoms with Gasteiger partial charge in [0.25, 0.3) is 0 Å². The number of nitrogens with zero attached hydrogens (tertiary/aromatic N) is 2. The summed E-state index contributed by atoms with van der Waals surface area (Å²) >= 11 is 0. The van der Waals surface area contributed by atoms with E-state index in [1.54, 1.807) is 0 Å². The Hall–Kier alpha value is -7.62. The Labute approximate surface area is 331 Å². The molecule has 3 heteroatoms. The number of rotatable bonds is 6. The highest BCUT2D eigenvalue weighted by atomic mass is 16.5. The maximum atomic E-state index is 6.54. The van der Waals surface area contributed by atoms with E-state index in [1.807, 2.05) is 12.1 Å². The van der Waals surface area contributed by atoms with Crippen LogP contribution in [-0.4, -0.2) is 4.57 Å². The summed E-state index contributed by atoms with van der Waals surface area (Å²) in [5.41, 5.74) is 16.0. The largest absolute Gasteiger partial charge is 0.456 e. The van der Waals surface area contributed by atoms with Gasteiger partial charge in [-0.25, -0.2) is 0 Å². The van der Waals surface area contributed by atoms with Crippen molar-refractivity contribution in [2.45, 2.75) is 0 Å². The average Bonchev–Trinajstić information content (AvgIpc) is 3.53. The van der Waals surface area contributed by atoms with Crippen LogP contribution in [0.3, 0.4) is 0 Å². The fourth-order valence-corrected chi connectivity index (χ4v) is 8.59. The second-order valence-corrected chi connectivity index (χ2v) is 14.5.